The molecule has 27 heavy (non-hydrogen) atoms. The second-order valence-electron chi connectivity index (χ2n) is 6.05. The van der Waals surface area contributed by atoms with Gasteiger partial charge in [-0.15, -0.1) is 0 Å². The van der Waals surface area contributed by atoms with Crippen molar-refractivity contribution in [3.8, 4) is 5.75 Å². The Morgan fingerprint density at radius 3 is 2.56 bits per heavy atom. The first-order chi connectivity index (χ1) is 13.1. The molecular formula is C19H22N4O4. The first kappa shape index (κ1) is 18.7. The van der Waals surface area contributed by atoms with Crippen LogP contribution in [0.2, 0.25) is 0 Å². The normalized spacial score (nSPS) is 13.8. The molecule has 1 aliphatic heterocycles. The maximum absolute atomic E-state index is 12.6. The molecule has 3 rings (SSSR count). The minimum absolute atomic E-state index is 0.194. The molecule has 0 bridgehead atoms. The van der Waals surface area contributed by atoms with E-state index < -0.39 is 0 Å². The highest BCUT2D eigenvalue weighted by atomic mass is 16.5. The van der Waals surface area contributed by atoms with Gasteiger partial charge < -0.3 is 25.0 Å². The van der Waals surface area contributed by atoms with Gasteiger partial charge in [0.1, 0.15) is 11.6 Å². The fourth-order valence-corrected chi connectivity index (χ4v) is 2.78. The van der Waals surface area contributed by atoms with E-state index in [0.717, 1.165) is 18.9 Å². The summed E-state index contributed by atoms with van der Waals surface area (Å²) in [6.45, 7) is 4.34. The third-order valence-electron chi connectivity index (χ3n) is 4.11. The summed E-state index contributed by atoms with van der Waals surface area (Å²) in [5.74, 6) is 0.810. The standard InChI is InChI=1S/C19H22N4O4/c1-13(24)21-15-4-5-17(26-2)16(11-15)22-19(25)14-3-6-18(20-12-14)23-7-9-27-10-8-23/h3-6,11-12H,7-10H2,1-2H3,(H,21,24)(H,22,25). The van der Waals surface area contributed by atoms with Crippen LogP contribution in [0.3, 0.4) is 0 Å². The van der Waals surface area contributed by atoms with Crippen LogP contribution >= 0.6 is 0 Å². The number of methoxy groups -OCH3 is 1. The summed E-state index contributed by atoms with van der Waals surface area (Å²) in [7, 11) is 1.52. The Morgan fingerprint density at radius 1 is 1.15 bits per heavy atom. The number of amides is 2. The van der Waals surface area contributed by atoms with E-state index in [2.05, 4.69) is 20.5 Å². The van der Waals surface area contributed by atoms with Gasteiger partial charge in [0.15, 0.2) is 0 Å². The van der Waals surface area contributed by atoms with E-state index in [-0.39, 0.29) is 11.8 Å². The van der Waals surface area contributed by atoms with Gasteiger partial charge in [0.2, 0.25) is 5.91 Å². The van der Waals surface area contributed by atoms with Crippen molar-refractivity contribution in [2.24, 2.45) is 0 Å². The van der Waals surface area contributed by atoms with Crippen molar-refractivity contribution < 1.29 is 19.1 Å². The molecule has 2 N–H and O–H groups in total. The lowest BCUT2D eigenvalue weighted by Gasteiger charge is -2.27. The molecule has 8 nitrogen and oxygen atoms in total. The van der Waals surface area contributed by atoms with Gasteiger partial charge in [-0.25, -0.2) is 4.98 Å². The smallest absolute Gasteiger partial charge is 0.257 e. The van der Waals surface area contributed by atoms with Crippen molar-refractivity contribution in [1.82, 2.24) is 4.98 Å². The number of benzene rings is 1. The van der Waals surface area contributed by atoms with Crippen LogP contribution in [0.5, 0.6) is 5.75 Å². The molecular weight excluding hydrogens is 348 g/mol. The molecule has 1 aromatic carbocycles. The molecule has 0 unspecified atom stereocenters. The molecule has 2 aromatic rings. The summed E-state index contributed by atoms with van der Waals surface area (Å²) in [5, 5.41) is 5.48. The van der Waals surface area contributed by atoms with Crippen LogP contribution in [0.1, 0.15) is 17.3 Å². The topological polar surface area (TPSA) is 92.8 Å². The van der Waals surface area contributed by atoms with E-state index in [1.807, 2.05) is 6.07 Å². The monoisotopic (exact) mass is 370 g/mol. The molecule has 1 aliphatic rings. The number of morpholine rings is 1. The average Bonchev–Trinajstić information content (AvgIpc) is 2.68. The lowest BCUT2D eigenvalue weighted by atomic mass is 10.2. The number of pyridine rings is 1. The lowest BCUT2D eigenvalue weighted by Crippen LogP contribution is -2.36. The van der Waals surface area contributed by atoms with Gasteiger partial charge in [-0.05, 0) is 30.3 Å². The number of anilines is 3. The molecule has 8 heteroatoms. The molecule has 142 valence electrons. The minimum atomic E-state index is -0.311. The number of ether oxygens (including phenoxy) is 2. The van der Waals surface area contributed by atoms with Crippen LogP contribution in [-0.4, -0.2) is 50.2 Å². The van der Waals surface area contributed by atoms with Gasteiger partial charge >= 0.3 is 0 Å². The summed E-state index contributed by atoms with van der Waals surface area (Å²) < 4.78 is 10.6. The SMILES string of the molecule is COc1ccc(NC(C)=O)cc1NC(=O)c1ccc(N2CCOCC2)nc1. The van der Waals surface area contributed by atoms with Crippen LogP contribution in [0.15, 0.2) is 36.5 Å². The number of hydrogen-bond donors (Lipinski definition) is 2. The van der Waals surface area contributed by atoms with Crippen molar-refractivity contribution in [3.05, 3.63) is 42.1 Å². The quantitative estimate of drug-likeness (QED) is 0.838. The number of carbonyl (C=O) groups is 2. The van der Waals surface area contributed by atoms with Gasteiger partial charge in [0.05, 0.1) is 31.6 Å². The first-order valence-electron chi connectivity index (χ1n) is 8.62. The van der Waals surface area contributed by atoms with Crippen LogP contribution in [0.4, 0.5) is 17.2 Å². The molecule has 0 aliphatic carbocycles. The molecule has 2 amide bonds. The Morgan fingerprint density at radius 2 is 1.93 bits per heavy atom. The van der Waals surface area contributed by atoms with E-state index in [1.54, 1.807) is 30.5 Å². The fraction of sp³-hybridized carbons (Fsp3) is 0.316. The zero-order valence-corrected chi connectivity index (χ0v) is 15.3. The van der Waals surface area contributed by atoms with Crippen LogP contribution < -0.4 is 20.3 Å². The Hall–Kier alpha value is -3.13. The van der Waals surface area contributed by atoms with Crippen LogP contribution in [0, 0.1) is 0 Å². The summed E-state index contributed by atoms with van der Waals surface area (Å²) >= 11 is 0. The van der Waals surface area contributed by atoms with E-state index >= 15 is 0 Å². The number of rotatable bonds is 5. The Kier molecular flexibility index (Phi) is 5.87. The summed E-state index contributed by atoms with van der Waals surface area (Å²) in [6, 6.07) is 8.59. The second kappa shape index (κ2) is 8.50. The Bertz CT molecular complexity index is 817. The maximum atomic E-state index is 12.6. The summed E-state index contributed by atoms with van der Waals surface area (Å²) in [6.07, 6.45) is 1.55. The van der Waals surface area contributed by atoms with Crippen molar-refractivity contribution >= 4 is 29.0 Å². The summed E-state index contributed by atoms with van der Waals surface area (Å²) in [4.78, 5) is 30.3. The molecule has 0 spiro atoms. The molecule has 1 fully saturated rings. The van der Waals surface area contributed by atoms with E-state index in [4.69, 9.17) is 9.47 Å². The number of hydrogen-bond acceptors (Lipinski definition) is 6. The third-order valence-corrected chi connectivity index (χ3v) is 4.11. The summed E-state index contributed by atoms with van der Waals surface area (Å²) in [5.41, 5.74) is 1.46. The molecule has 0 radical (unpaired) electrons. The zero-order chi connectivity index (χ0) is 19.2. The first-order valence-corrected chi connectivity index (χ1v) is 8.62. The maximum Gasteiger partial charge on any atom is 0.257 e. The van der Waals surface area contributed by atoms with E-state index in [0.29, 0.717) is 35.9 Å². The van der Waals surface area contributed by atoms with Gasteiger partial charge in [-0.1, -0.05) is 0 Å². The van der Waals surface area contributed by atoms with Crippen LogP contribution in [0.25, 0.3) is 0 Å². The van der Waals surface area contributed by atoms with Crippen LogP contribution in [-0.2, 0) is 9.53 Å². The van der Waals surface area contributed by atoms with Crippen molar-refractivity contribution in [3.63, 3.8) is 0 Å². The largest absolute Gasteiger partial charge is 0.495 e. The molecule has 1 aromatic heterocycles. The van der Waals surface area contributed by atoms with Gasteiger partial charge in [-0.2, -0.15) is 0 Å². The predicted octanol–water partition coefficient (Wildman–Crippen LogP) is 2.14. The highest BCUT2D eigenvalue weighted by Gasteiger charge is 2.15. The lowest BCUT2D eigenvalue weighted by molar-refractivity contribution is -0.114. The van der Waals surface area contributed by atoms with Gasteiger partial charge in [0, 0.05) is 31.9 Å². The zero-order valence-electron chi connectivity index (χ0n) is 15.3. The van der Waals surface area contributed by atoms with Crippen molar-refractivity contribution in [2.45, 2.75) is 6.92 Å². The predicted molar refractivity (Wildman–Crippen MR) is 103 cm³/mol. The molecule has 0 saturated carbocycles. The second-order valence-corrected chi connectivity index (χ2v) is 6.05. The fourth-order valence-electron chi connectivity index (χ4n) is 2.78. The van der Waals surface area contributed by atoms with E-state index in [1.165, 1.54) is 14.0 Å². The average molecular weight is 370 g/mol. The number of nitrogens with zero attached hydrogens (tertiary/aromatic N) is 2. The Labute approximate surface area is 157 Å². The number of aromatic nitrogens is 1. The molecule has 2 heterocycles. The molecule has 1 saturated heterocycles. The van der Waals surface area contributed by atoms with Gasteiger partial charge in [0.25, 0.3) is 5.91 Å². The molecule has 0 atom stereocenters. The minimum Gasteiger partial charge on any atom is -0.495 e. The highest BCUT2D eigenvalue weighted by molar-refractivity contribution is 6.05. The van der Waals surface area contributed by atoms with Crippen molar-refractivity contribution in [1.29, 1.82) is 0 Å². The van der Waals surface area contributed by atoms with Crippen molar-refractivity contribution in [2.75, 3.05) is 48.9 Å². The highest BCUT2D eigenvalue weighted by Crippen LogP contribution is 2.28. The van der Waals surface area contributed by atoms with E-state index in [9.17, 15) is 9.59 Å². The Balaban J connectivity index is 1.73. The number of nitrogens with one attached hydrogen (secondary N) is 2. The number of carbonyl (C=O) groups excluding carboxylic acids is 2. The van der Waals surface area contributed by atoms with Gasteiger partial charge in [-0.3, -0.25) is 9.59 Å². The third kappa shape index (κ3) is 4.73.